The SMILES string of the molecule is CC(=O)OCC12C(=O)CC(C)C3(CC(c4ccoc4)OC3=O)C1CCCC21CO1. The Kier molecular flexibility index (Phi) is 4.01. The lowest BCUT2D eigenvalue weighted by atomic mass is 9.43. The summed E-state index contributed by atoms with van der Waals surface area (Å²) in [6, 6.07) is 1.81. The fourth-order valence-electron chi connectivity index (χ4n) is 6.53. The van der Waals surface area contributed by atoms with Gasteiger partial charge >= 0.3 is 11.9 Å². The number of epoxide rings is 1. The van der Waals surface area contributed by atoms with Crippen LogP contribution in [0.4, 0.5) is 0 Å². The molecule has 3 heterocycles. The number of carbonyl (C=O) groups excluding carboxylic acids is 3. The van der Waals surface area contributed by atoms with Gasteiger partial charge in [0.1, 0.15) is 24.1 Å². The second kappa shape index (κ2) is 6.17. The molecule has 29 heavy (non-hydrogen) atoms. The molecule has 1 aromatic rings. The lowest BCUT2D eigenvalue weighted by molar-refractivity contribution is -0.188. The number of hydrogen-bond donors (Lipinski definition) is 0. The Balaban J connectivity index is 1.60. The Hall–Kier alpha value is -2.15. The van der Waals surface area contributed by atoms with Gasteiger partial charge in [-0.1, -0.05) is 13.3 Å². The minimum atomic E-state index is -0.978. The molecule has 7 nitrogen and oxygen atoms in total. The van der Waals surface area contributed by atoms with Gasteiger partial charge in [-0.2, -0.15) is 0 Å². The van der Waals surface area contributed by atoms with Crippen molar-refractivity contribution in [2.24, 2.45) is 22.7 Å². The molecule has 0 N–H and O–H groups in total. The van der Waals surface area contributed by atoms with Crippen LogP contribution < -0.4 is 0 Å². The minimum absolute atomic E-state index is 0.0238. The molecule has 0 amide bonds. The smallest absolute Gasteiger partial charge is 0.313 e. The highest BCUT2D eigenvalue weighted by Crippen LogP contribution is 2.69. The predicted molar refractivity (Wildman–Crippen MR) is 98.5 cm³/mol. The molecule has 0 aromatic carbocycles. The highest BCUT2D eigenvalue weighted by molar-refractivity contribution is 5.93. The van der Waals surface area contributed by atoms with E-state index in [2.05, 4.69) is 0 Å². The van der Waals surface area contributed by atoms with Crippen LogP contribution in [0.25, 0.3) is 0 Å². The van der Waals surface area contributed by atoms with Crippen molar-refractivity contribution in [2.75, 3.05) is 13.2 Å². The van der Waals surface area contributed by atoms with Crippen LogP contribution in [0.15, 0.2) is 23.0 Å². The Morgan fingerprint density at radius 3 is 2.79 bits per heavy atom. The van der Waals surface area contributed by atoms with Crippen molar-refractivity contribution >= 4 is 17.7 Å². The molecule has 156 valence electrons. The summed E-state index contributed by atoms with van der Waals surface area (Å²) in [4.78, 5) is 38.6. The van der Waals surface area contributed by atoms with E-state index in [1.165, 1.54) is 6.92 Å². The van der Waals surface area contributed by atoms with Gasteiger partial charge in [0.05, 0.1) is 30.0 Å². The normalized spacial score (nSPS) is 43.3. The summed E-state index contributed by atoms with van der Waals surface area (Å²) >= 11 is 0. The molecular formula is C22H26O7. The van der Waals surface area contributed by atoms with E-state index in [4.69, 9.17) is 18.6 Å². The zero-order chi connectivity index (χ0) is 20.4. The Labute approximate surface area is 169 Å². The fraction of sp³-hybridized carbons (Fsp3) is 0.682. The van der Waals surface area contributed by atoms with E-state index in [0.29, 0.717) is 13.0 Å². The van der Waals surface area contributed by atoms with Gasteiger partial charge in [0.25, 0.3) is 0 Å². The number of cyclic esters (lactones) is 1. The maximum atomic E-state index is 13.5. The molecule has 2 saturated carbocycles. The van der Waals surface area contributed by atoms with E-state index >= 15 is 0 Å². The number of furan rings is 1. The number of rotatable bonds is 3. The molecule has 4 aliphatic rings. The van der Waals surface area contributed by atoms with Crippen LogP contribution >= 0.6 is 0 Å². The molecule has 7 heteroatoms. The van der Waals surface area contributed by atoms with Crippen molar-refractivity contribution in [2.45, 2.75) is 57.7 Å². The average Bonchev–Trinajstić information content (AvgIpc) is 3.12. The average molecular weight is 402 g/mol. The highest BCUT2D eigenvalue weighted by atomic mass is 16.6. The van der Waals surface area contributed by atoms with Crippen molar-refractivity contribution in [1.82, 2.24) is 0 Å². The Morgan fingerprint density at radius 1 is 1.34 bits per heavy atom. The molecule has 2 aliphatic carbocycles. The summed E-state index contributed by atoms with van der Waals surface area (Å²) < 4.78 is 22.4. The number of Topliss-reactive ketones (excluding diaryl/α,β-unsaturated/α-hetero) is 1. The van der Waals surface area contributed by atoms with Crippen LogP contribution in [0.3, 0.4) is 0 Å². The molecule has 1 aromatic heterocycles. The van der Waals surface area contributed by atoms with Crippen LogP contribution in [0.5, 0.6) is 0 Å². The molecule has 2 aliphatic heterocycles. The van der Waals surface area contributed by atoms with E-state index in [1.54, 1.807) is 12.5 Å². The zero-order valence-electron chi connectivity index (χ0n) is 16.8. The summed E-state index contributed by atoms with van der Waals surface area (Å²) in [6.45, 7) is 3.77. The molecule has 2 saturated heterocycles. The summed E-state index contributed by atoms with van der Waals surface area (Å²) in [7, 11) is 0. The van der Waals surface area contributed by atoms with Gasteiger partial charge in [0.15, 0.2) is 0 Å². The third-order valence-corrected chi connectivity index (χ3v) is 8.04. The molecule has 0 radical (unpaired) electrons. The minimum Gasteiger partial charge on any atom is -0.472 e. The lowest BCUT2D eigenvalue weighted by Crippen LogP contribution is -2.66. The number of esters is 2. The summed E-state index contributed by atoms with van der Waals surface area (Å²) in [6.07, 6.45) is 5.89. The van der Waals surface area contributed by atoms with E-state index in [9.17, 15) is 14.4 Å². The molecule has 6 unspecified atom stereocenters. The molecule has 2 spiro atoms. The van der Waals surface area contributed by atoms with Crippen LogP contribution in [0, 0.1) is 22.7 Å². The number of fused-ring (bicyclic) bond motifs is 3. The number of ketones is 1. The van der Waals surface area contributed by atoms with Crippen molar-refractivity contribution in [3.05, 3.63) is 24.2 Å². The summed E-state index contributed by atoms with van der Waals surface area (Å²) in [5.74, 6) is -1.04. The van der Waals surface area contributed by atoms with Crippen molar-refractivity contribution in [3.63, 3.8) is 0 Å². The lowest BCUT2D eigenvalue weighted by Gasteiger charge is -2.57. The van der Waals surface area contributed by atoms with Gasteiger partial charge in [-0.3, -0.25) is 14.4 Å². The quantitative estimate of drug-likeness (QED) is 0.566. The topological polar surface area (TPSA) is 95.3 Å². The van der Waals surface area contributed by atoms with E-state index in [0.717, 1.165) is 24.8 Å². The van der Waals surface area contributed by atoms with Gasteiger partial charge in [-0.05, 0) is 30.7 Å². The van der Waals surface area contributed by atoms with Crippen molar-refractivity contribution in [1.29, 1.82) is 0 Å². The molecule has 5 rings (SSSR count). The number of hydrogen-bond acceptors (Lipinski definition) is 7. The van der Waals surface area contributed by atoms with Crippen LogP contribution in [0.2, 0.25) is 0 Å². The maximum Gasteiger partial charge on any atom is 0.313 e. The number of ether oxygens (including phenoxy) is 3. The fourth-order valence-corrected chi connectivity index (χ4v) is 6.53. The highest BCUT2D eigenvalue weighted by Gasteiger charge is 2.77. The first-order valence-electron chi connectivity index (χ1n) is 10.4. The van der Waals surface area contributed by atoms with E-state index in [-0.39, 0.29) is 42.7 Å². The van der Waals surface area contributed by atoms with Gasteiger partial charge in [0.2, 0.25) is 0 Å². The van der Waals surface area contributed by atoms with Crippen LogP contribution in [0.1, 0.15) is 57.6 Å². The van der Waals surface area contributed by atoms with Gasteiger partial charge in [0, 0.05) is 25.3 Å². The second-order valence-electron chi connectivity index (χ2n) is 9.20. The first kappa shape index (κ1) is 18.9. The zero-order valence-corrected chi connectivity index (χ0v) is 16.8. The van der Waals surface area contributed by atoms with E-state index < -0.39 is 22.4 Å². The number of carbonyl (C=O) groups is 3. The van der Waals surface area contributed by atoms with Crippen molar-refractivity contribution in [3.8, 4) is 0 Å². The monoisotopic (exact) mass is 402 g/mol. The third-order valence-electron chi connectivity index (χ3n) is 8.04. The van der Waals surface area contributed by atoms with Crippen LogP contribution in [-0.2, 0) is 28.6 Å². The Bertz CT molecular complexity index is 855. The van der Waals surface area contributed by atoms with Crippen LogP contribution in [-0.4, -0.2) is 36.5 Å². The molecule has 4 fully saturated rings. The van der Waals surface area contributed by atoms with Crippen molar-refractivity contribution < 1.29 is 33.0 Å². The Morgan fingerprint density at radius 2 is 2.14 bits per heavy atom. The maximum absolute atomic E-state index is 13.5. The van der Waals surface area contributed by atoms with Gasteiger partial charge < -0.3 is 18.6 Å². The third kappa shape index (κ3) is 2.37. The van der Waals surface area contributed by atoms with E-state index in [1.807, 2.05) is 13.0 Å². The standard InChI is InChI=1S/C22H26O7/c1-13-8-18(24)22(12-27-14(2)23)17(4-3-6-20(22)11-28-20)21(13)9-16(29-19(21)25)15-5-7-26-10-15/h5,7,10,13,16-17H,3-4,6,8-9,11-12H2,1-2H3. The second-order valence-corrected chi connectivity index (χ2v) is 9.20. The molecular weight excluding hydrogens is 376 g/mol. The predicted octanol–water partition coefficient (Wildman–Crippen LogP) is 2.98. The first-order chi connectivity index (χ1) is 13.9. The first-order valence-corrected chi connectivity index (χ1v) is 10.4. The largest absolute Gasteiger partial charge is 0.472 e. The molecule has 6 atom stereocenters. The summed E-state index contributed by atoms with van der Waals surface area (Å²) in [5, 5.41) is 0. The molecule has 0 bridgehead atoms. The summed E-state index contributed by atoms with van der Waals surface area (Å²) in [5.41, 5.74) is -1.56. The van der Waals surface area contributed by atoms with Gasteiger partial charge in [-0.15, -0.1) is 0 Å². The van der Waals surface area contributed by atoms with Gasteiger partial charge in [-0.25, -0.2) is 0 Å².